The van der Waals surface area contributed by atoms with E-state index in [9.17, 15) is 74.7 Å². The minimum atomic E-state index is -3.56. The zero-order valence-corrected chi connectivity index (χ0v) is 47.7. The number of aryl methyl sites for hydroxylation is 2. The van der Waals surface area contributed by atoms with E-state index in [-0.39, 0.29) is 53.8 Å². The van der Waals surface area contributed by atoms with Crippen molar-refractivity contribution in [2.24, 2.45) is 16.6 Å². The molecule has 27 heteroatoms. The van der Waals surface area contributed by atoms with E-state index in [0.29, 0.717) is 59.4 Å². The summed E-state index contributed by atoms with van der Waals surface area (Å²) < 4.78 is 26.2. The fraction of sp³-hybridized carbons (Fsp3) is 0.450. The standard InChI is InChI=1S/C60H73N7O20/c1-33-23-34(2)25-37(24-33)50-48-36(16-19-63-48)28-67(50)87-52-55(84-40-14-15-42-46(26-40)83-30-43(51(42)77)35-10-12-39(74)13-11-35)85-56(58(81,31-72)60(52,82)47(76)9-5-20-68)59(32-73,86-54(80)49(53(78)79)62-18-6-21-69)66-57(61)65-38(29-71)27-64-44-8-4-3-7-41(44)45(75)17-22-70/h10-16,19,21-26,28-30,38,41,44-45,47,49,52,55-56,62-64,68,72-76,81-82H,3-9,17-18,20,27,31-32H2,1-2H3,(H,78,79)(H3,61,65,66)/t38-,41-,44-,45+,47+,49+,52+,55-,56+,58-,59+,60-/m0/s1. The van der Waals surface area contributed by atoms with Crippen molar-refractivity contribution < 1.29 is 93.4 Å². The molecular formula is C60H73N7O20. The number of carbonyl (C=O) groups excluding carboxylic acids is 4. The van der Waals surface area contributed by atoms with Crippen LogP contribution in [0, 0.1) is 19.8 Å². The van der Waals surface area contributed by atoms with Crippen molar-refractivity contribution in [1.82, 2.24) is 25.7 Å². The number of aromatic amines is 1. The third-order valence-electron chi connectivity index (χ3n) is 15.9. The van der Waals surface area contributed by atoms with Crippen LogP contribution in [-0.2, 0) is 33.4 Å². The Labute approximate surface area is 497 Å². The molecule has 15 N–H and O–H groups in total. The van der Waals surface area contributed by atoms with Crippen molar-refractivity contribution in [3.05, 3.63) is 107 Å². The van der Waals surface area contributed by atoms with Crippen LogP contribution in [0.25, 0.3) is 44.3 Å². The number of phenols is 1. The molecule has 2 fully saturated rings. The Balaban J connectivity index is 1.31. The number of aldehydes is 3. The fourth-order valence-electron chi connectivity index (χ4n) is 11.7. The molecule has 1 aliphatic heterocycles. The number of aliphatic hydroxyl groups excluding tert-OH is 5. The van der Waals surface area contributed by atoms with Gasteiger partial charge in [0, 0.05) is 67.7 Å². The number of rotatable bonds is 29. The first-order valence-electron chi connectivity index (χ1n) is 28.3. The molecule has 1 saturated heterocycles. The maximum absolute atomic E-state index is 14.5. The number of esters is 1. The number of guanidine groups is 1. The molecule has 3 aromatic heterocycles. The fourth-order valence-corrected chi connectivity index (χ4v) is 11.7. The zero-order valence-electron chi connectivity index (χ0n) is 47.7. The number of H-pyrrole nitrogens is 1. The summed E-state index contributed by atoms with van der Waals surface area (Å²) in [7, 11) is 0. The van der Waals surface area contributed by atoms with Crippen molar-refractivity contribution in [3.63, 3.8) is 0 Å². The Hall–Kier alpha value is -8.09. The number of hydrogen-bond donors (Lipinski definition) is 14. The topological polar surface area (TPSA) is 430 Å². The average Bonchev–Trinajstić information content (AvgIpc) is 0.723. The largest absolute Gasteiger partial charge is 0.508 e. The number of nitrogens with zero attached hydrogens (tertiary/aromatic N) is 2. The molecule has 0 unspecified atom stereocenters. The minimum absolute atomic E-state index is 0.0204. The Morgan fingerprint density at radius 3 is 2.38 bits per heavy atom. The lowest BCUT2D eigenvalue weighted by Crippen LogP contribution is -2.86. The molecule has 2 aliphatic rings. The van der Waals surface area contributed by atoms with Gasteiger partial charge in [0.1, 0.15) is 60.5 Å². The van der Waals surface area contributed by atoms with Gasteiger partial charge in [-0.3, -0.25) is 10.1 Å². The van der Waals surface area contributed by atoms with Crippen LogP contribution in [0.4, 0.5) is 0 Å². The lowest BCUT2D eigenvalue weighted by atomic mass is 9.66. The van der Waals surface area contributed by atoms with Crippen LogP contribution in [0.1, 0.15) is 62.5 Å². The van der Waals surface area contributed by atoms with E-state index in [1.165, 1.54) is 53.4 Å². The van der Waals surface area contributed by atoms with Gasteiger partial charge < -0.3 is 105 Å². The number of fused-ring (bicyclic) bond motifs is 2. The highest BCUT2D eigenvalue weighted by molar-refractivity contribution is 5.98. The van der Waals surface area contributed by atoms with Crippen molar-refractivity contribution in [2.45, 2.75) is 131 Å². The van der Waals surface area contributed by atoms with Gasteiger partial charge in [0.15, 0.2) is 28.7 Å². The summed E-state index contributed by atoms with van der Waals surface area (Å²) in [6.07, 6.45) is -3.81. The van der Waals surface area contributed by atoms with Gasteiger partial charge in [-0.05, 0) is 87.6 Å². The number of nitrogens with two attached hydrogens (primary N) is 1. The SMILES string of the molecule is Cc1cc(C)cc(-c2c3[nH]ccc3cn2O[C@@H]2[C@@H](Oc3ccc4c(=O)c(-c5ccc(O)cc5)coc4c3)O[C@@H]([C@](CO)(NC(N)=N[C@H](C=O)CN[C@H]3CCCC[C@@H]3[C@H](O)CC=O)OC(=O)[C@H](NCCC=O)C(=O)O)[C@@](O)(CO)[C@]2(O)[C@H](O)CCCO)c1. The van der Waals surface area contributed by atoms with E-state index in [2.05, 4.69) is 25.9 Å². The number of nitrogens with one attached hydrogen (secondary N) is 4. The molecule has 0 spiro atoms. The maximum Gasteiger partial charge on any atom is 0.337 e. The highest BCUT2D eigenvalue weighted by atomic mass is 16.8. The van der Waals surface area contributed by atoms with Crippen LogP contribution in [0.3, 0.4) is 0 Å². The number of aliphatic hydroxyl groups is 7. The summed E-state index contributed by atoms with van der Waals surface area (Å²) >= 11 is 0. The second kappa shape index (κ2) is 28.2. The molecule has 27 nitrogen and oxygen atoms in total. The van der Waals surface area contributed by atoms with Crippen LogP contribution in [0.15, 0.2) is 99.6 Å². The number of hydrogen-bond acceptors (Lipinski definition) is 22. The second-order valence-corrected chi connectivity index (χ2v) is 21.9. The van der Waals surface area contributed by atoms with Crippen LogP contribution >= 0.6 is 0 Å². The van der Waals surface area contributed by atoms with Crippen LogP contribution in [-0.4, -0.2) is 191 Å². The smallest absolute Gasteiger partial charge is 0.337 e. The first kappa shape index (κ1) is 64.9. The molecule has 87 heavy (non-hydrogen) atoms. The van der Waals surface area contributed by atoms with E-state index in [0.717, 1.165) is 30.2 Å². The number of aromatic hydroxyl groups is 1. The number of aliphatic imine (C=N–C) groups is 1. The normalized spacial score (nSPS) is 23.6. The number of benzene rings is 3. The Morgan fingerprint density at radius 1 is 0.977 bits per heavy atom. The van der Waals surface area contributed by atoms with Gasteiger partial charge in [0.25, 0.3) is 0 Å². The van der Waals surface area contributed by atoms with E-state index in [1.54, 1.807) is 12.3 Å². The Bertz CT molecular complexity index is 3460. The maximum atomic E-state index is 14.5. The molecule has 1 aliphatic carbocycles. The summed E-state index contributed by atoms with van der Waals surface area (Å²) in [5, 5.41) is 113. The van der Waals surface area contributed by atoms with Crippen molar-refractivity contribution in [2.75, 3.05) is 32.9 Å². The molecule has 0 radical (unpaired) electrons. The highest BCUT2D eigenvalue weighted by Gasteiger charge is 2.75. The first-order valence-corrected chi connectivity index (χ1v) is 28.3. The van der Waals surface area contributed by atoms with E-state index >= 15 is 0 Å². The van der Waals surface area contributed by atoms with E-state index in [4.69, 9.17) is 29.2 Å². The molecule has 6 aromatic rings. The van der Waals surface area contributed by atoms with Gasteiger partial charge in [-0.25, -0.2) is 14.6 Å². The van der Waals surface area contributed by atoms with E-state index in [1.807, 2.05) is 32.0 Å². The van der Waals surface area contributed by atoms with Gasteiger partial charge in [0.2, 0.25) is 24.2 Å². The zero-order chi connectivity index (χ0) is 62.8. The van der Waals surface area contributed by atoms with Gasteiger partial charge in [-0.1, -0.05) is 42.2 Å². The monoisotopic (exact) mass is 1210 g/mol. The Kier molecular flexibility index (Phi) is 21.0. The number of ether oxygens (including phenoxy) is 3. The highest BCUT2D eigenvalue weighted by Crippen LogP contribution is 2.47. The summed E-state index contributed by atoms with van der Waals surface area (Å²) in [5.74, 6) is -5.25. The lowest BCUT2D eigenvalue weighted by molar-refractivity contribution is -0.400. The van der Waals surface area contributed by atoms with Crippen molar-refractivity contribution >= 4 is 58.6 Å². The molecule has 12 atom stereocenters. The van der Waals surface area contributed by atoms with Gasteiger partial charge in [0.05, 0.1) is 41.5 Å². The predicted octanol–water partition coefficient (Wildman–Crippen LogP) is 0.355. The summed E-state index contributed by atoms with van der Waals surface area (Å²) in [6, 6.07) is 12.6. The van der Waals surface area contributed by atoms with Crippen molar-refractivity contribution in [3.8, 4) is 33.9 Å². The molecule has 3 aromatic carbocycles. The molecule has 468 valence electrons. The van der Waals surface area contributed by atoms with Crippen molar-refractivity contribution in [1.29, 1.82) is 0 Å². The first-order chi connectivity index (χ1) is 41.7. The second-order valence-electron chi connectivity index (χ2n) is 21.9. The number of aromatic nitrogens is 2. The van der Waals surface area contributed by atoms with Gasteiger partial charge in [-0.15, -0.1) is 0 Å². The quantitative estimate of drug-likeness (QED) is 0.00573. The van der Waals surface area contributed by atoms with Crippen LogP contribution in [0.5, 0.6) is 11.5 Å². The summed E-state index contributed by atoms with van der Waals surface area (Å²) in [6.45, 7) is -0.957. The van der Waals surface area contributed by atoms with Crippen LogP contribution < -0.4 is 36.7 Å². The lowest BCUT2D eigenvalue weighted by Gasteiger charge is -2.59. The van der Waals surface area contributed by atoms with Gasteiger partial charge >= 0.3 is 11.9 Å². The van der Waals surface area contributed by atoms with Crippen LogP contribution in [0.2, 0.25) is 0 Å². The Morgan fingerprint density at radius 2 is 1.71 bits per heavy atom. The van der Waals surface area contributed by atoms with Gasteiger partial charge in [-0.2, -0.15) is 4.73 Å². The number of phenolic OH excluding ortho intramolecular Hbond substituents is 1. The number of aliphatic carboxylic acids is 1. The third-order valence-corrected chi connectivity index (χ3v) is 15.9. The molecule has 1 saturated carbocycles. The summed E-state index contributed by atoms with van der Waals surface area (Å²) in [5.41, 5.74) is -0.889. The molecule has 8 rings (SSSR count). The minimum Gasteiger partial charge on any atom is -0.508 e. The molecule has 0 bridgehead atoms. The molecular weight excluding hydrogens is 1140 g/mol. The number of carbonyl (C=O) groups is 5. The molecule has 4 heterocycles. The molecule has 0 amide bonds. The average molecular weight is 1210 g/mol. The number of carboxylic acids is 1. The summed E-state index contributed by atoms with van der Waals surface area (Å²) in [4.78, 5) is 91.0. The van der Waals surface area contributed by atoms with E-state index < -0.39 is 128 Å². The number of carboxylic acid groups (broad SMARTS) is 1. The predicted molar refractivity (Wildman–Crippen MR) is 311 cm³/mol. The third kappa shape index (κ3) is 13.7.